The van der Waals surface area contributed by atoms with Gasteiger partial charge in [0.2, 0.25) is 0 Å². The number of aliphatic imine (C=N–C) groups is 1. The van der Waals surface area contributed by atoms with E-state index in [0.717, 1.165) is 23.4 Å². The minimum absolute atomic E-state index is 0.188. The highest BCUT2D eigenvalue weighted by Gasteiger charge is 2.17. The number of rotatable bonds is 2. The molecule has 0 fully saturated rings. The summed E-state index contributed by atoms with van der Waals surface area (Å²) in [6.07, 6.45) is 8.13. The van der Waals surface area contributed by atoms with Crippen LogP contribution in [0.5, 0.6) is 0 Å². The Morgan fingerprint density at radius 3 is 3.18 bits per heavy atom. The molecule has 2 nitrogen and oxygen atoms in total. The molecule has 0 spiro atoms. The van der Waals surface area contributed by atoms with Gasteiger partial charge in [-0.05, 0) is 36.6 Å². The Bertz CT molecular complexity index is 543. The van der Waals surface area contributed by atoms with Crippen molar-refractivity contribution in [3.8, 4) is 0 Å². The summed E-state index contributed by atoms with van der Waals surface area (Å²) in [5, 5.41) is 8.95. The van der Waals surface area contributed by atoms with Crippen LogP contribution in [0.1, 0.15) is 12.0 Å². The number of hydrogen-bond donors (Lipinski definition) is 1. The van der Waals surface area contributed by atoms with Gasteiger partial charge in [-0.2, -0.15) is 0 Å². The van der Waals surface area contributed by atoms with E-state index in [1.807, 2.05) is 0 Å². The first kappa shape index (κ1) is 10.8. The summed E-state index contributed by atoms with van der Waals surface area (Å²) < 4.78 is 0. The summed E-state index contributed by atoms with van der Waals surface area (Å²) >= 11 is 1.78. The Kier molecular flexibility index (Phi) is 2.87. The Hall–Kier alpha value is -1.32. The second kappa shape index (κ2) is 4.51. The number of hydrogen-bond acceptors (Lipinski definition) is 3. The van der Waals surface area contributed by atoms with Gasteiger partial charge in [-0.25, -0.2) is 4.99 Å². The molecule has 0 aromatic heterocycles. The molecule has 1 aromatic rings. The molecule has 3 heteroatoms. The molecule has 0 amide bonds. The summed E-state index contributed by atoms with van der Waals surface area (Å²) in [6.45, 7) is 0.188. The SMILES string of the molecule is OCCc1ccc2c(c1)N=C1C=CCC=C1S2. The van der Waals surface area contributed by atoms with Gasteiger partial charge in [0.25, 0.3) is 0 Å². The largest absolute Gasteiger partial charge is 0.396 e. The lowest BCUT2D eigenvalue weighted by atomic mass is 10.1. The molecule has 86 valence electrons. The van der Waals surface area contributed by atoms with Crippen LogP contribution in [0.3, 0.4) is 0 Å². The number of aliphatic hydroxyl groups is 1. The topological polar surface area (TPSA) is 32.6 Å². The Morgan fingerprint density at radius 2 is 2.29 bits per heavy atom. The molecule has 0 saturated heterocycles. The summed E-state index contributed by atoms with van der Waals surface area (Å²) in [7, 11) is 0. The van der Waals surface area contributed by atoms with Crippen molar-refractivity contribution in [1.29, 1.82) is 0 Å². The van der Waals surface area contributed by atoms with Crippen LogP contribution in [0.15, 0.2) is 51.2 Å². The van der Waals surface area contributed by atoms with Crippen LogP contribution in [0.4, 0.5) is 5.69 Å². The fourth-order valence-corrected chi connectivity index (χ4v) is 2.98. The van der Waals surface area contributed by atoms with E-state index in [0.29, 0.717) is 6.42 Å². The molecule has 17 heavy (non-hydrogen) atoms. The molecule has 1 aliphatic heterocycles. The molecule has 1 aliphatic carbocycles. The predicted molar refractivity (Wildman–Crippen MR) is 72.0 cm³/mol. The van der Waals surface area contributed by atoms with Crippen LogP contribution in [0.2, 0.25) is 0 Å². The van der Waals surface area contributed by atoms with Crippen molar-refractivity contribution >= 4 is 23.2 Å². The van der Waals surface area contributed by atoms with Crippen LogP contribution in [0.25, 0.3) is 0 Å². The van der Waals surface area contributed by atoms with Crippen molar-refractivity contribution in [1.82, 2.24) is 0 Å². The zero-order chi connectivity index (χ0) is 11.7. The van der Waals surface area contributed by atoms with E-state index in [9.17, 15) is 0 Å². The third-order valence-corrected chi connectivity index (χ3v) is 4.01. The smallest absolute Gasteiger partial charge is 0.0779 e. The van der Waals surface area contributed by atoms with Crippen molar-refractivity contribution in [2.24, 2.45) is 4.99 Å². The molecule has 1 N–H and O–H groups in total. The monoisotopic (exact) mass is 243 g/mol. The second-order valence-corrected chi connectivity index (χ2v) is 5.17. The maximum atomic E-state index is 8.95. The molecule has 0 atom stereocenters. The Labute approximate surface area is 105 Å². The molecule has 2 aliphatic rings. The quantitative estimate of drug-likeness (QED) is 0.865. The fourth-order valence-electron chi connectivity index (χ4n) is 2.00. The van der Waals surface area contributed by atoms with Crippen LogP contribution < -0.4 is 0 Å². The minimum atomic E-state index is 0.188. The number of fused-ring (bicyclic) bond motifs is 2. The van der Waals surface area contributed by atoms with Gasteiger partial charge in [-0.15, -0.1) is 0 Å². The summed E-state index contributed by atoms with van der Waals surface area (Å²) in [5.74, 6) is 0. The molecule has 1 aromatic carbocycles. The molecular formula is C14H13NOS. The highest BCUT2D eigenvalue weighted by Crippen LogP contribution is 2.41. The zero-order valence-corrected chi connectivity index (χ0v) is 10.2. The first-order valence-corrected chi connectivity index (χ1v) is 6.56. The van der Waals surface area contributed by atoms with E-state index in [-0.39, 0.29) is 6.61 Å². The van der Waals surface area contributed by atoms with Crippen LogP contribution >= 0.6 is 11.8 Å². The van der Waals surface area contributed by atoms with E-state index in [1.54, 1.807) is 11.8 Å². The highest BCUT2D eigenvalue weighted by atomic mass is 32.2. The van der Waals surface area contributed by atoms with Gasteiger partial charge in [0.05, 0.1) is 11.4 Å². The number of thioether (sulfide) groups is 1. The maximum absolute atomic E-state index is 8.95. The first-order chi connectivity index (χ1) is 8.36. The molecule has 3 rings (SSSR count). The number of allylic oxidation sites excluding steroid dienone is 4. The third kappa shape index (κ3) is 2.08. The maximum Gasteiger partial charge on any atom is 0.0779 e. The van der Waals surface area contributed by atoms with Gasteiger partial charge in [0.15, 0.2) is 0 Å². The average Bonchev–Trinajstić information content (AvgIpc) is 2.36. The van der Waals surface area contributed by atoms with Gasteiger partial charge < -0.3 is 5.11 Å². The van der Waals surface area contributed by atoms with Crippen molar-refractivity contribution in [3.05, 3.63) is 46.9 Å². The second-order valence-electron chi connectivity index (χ2n) is 4.08. The number of aliphatic hydroxyl groups excluding tert-OH is 1. The lowest BCUT2D eigenvalue weighted by Crippen LogP contribution is -2.03. The Balaban J connectivity index is 2.02. The van der Waals surface area contributed by atoms with Gasteiger partial charge in [0, 0.05) is 16.4 Å². The van der Waals surface area contributed by atoms with Crippen molar-refractivity contribution in [2.45, 2.75) is 17.7 Å². The van der Waals surface area contributed by atoms with Gasteiger partial charge >= 0.3 is 0 Å². The van der Waals surface area contributed by atoms with E-state index >= 15 is 0 Å². The molecule has 0 bridgehead atoms. The summed E-state index contributed by atoms with van der Waals surface area (Å²) in [5.41, 5.74) is 3.23. The molecule has 0 unspecified atom stereocenters. The summed E-state index contributed by atoms with van der Waals surface area (Å²) in [4.78, 5) is 7.13. The van der Waals surface area contributed by atoms with E-state index in [1.165, 1.54) is 9.80 Å². The Morgan fingerprint density at radius 1 is 1.35 bits per heavy atom. The zero-order valence-electron chi connectivity index (χ0n) is 9.39. The van der Waals surface area contributed by atoms with Crippen molar-refractivity contribution in [2.75, 3.05) is 6.61 Å². The average molecular weight is 243 g/mol. The minimum Gasteiger partial charge on any atom is -0.396 e. The molecule has 0 saturated carbocycles. The standard InChI is InChI=1S/C14H13NOS/c16-8-7-10-5-6-14-12(9-10)15-11-3-1-2-4-13(11)17-14/h1,3-6,9,16H,2,7-8H2. The molecular weight excluding hydrogens is 230 g/mol. The van der Waals surface area contributed by atoms with Crippen LogP contribution in [-0.2, 0) is 6.42 Å². The highest BCUT2D eigenvalue weighted by molar-refractivity contribution is 8.04. The lowest BCUT2D eigenvalue weighted by Gasteiger charge is -2.18. The predicted octanol–water partition coefficient (Wildman–Crippen LogP) is 3.24. The fraction of sp³-hybridized carbons (Fsp3) is 0.214. The lowest BCUT2D eigenvalue weighted by molar-refractivity contribution is 0.299. The van der Waals surface area contributed by atoms with E-state index in [4.69, 9.17) is 5.11 Å². The van der Waals surface area contributed by atoms with E-state index < -0.39 is 0 Å². The van der Waals surface area contributed by atoms with Crippen molar-refractivity contribution in [3.63, 3.8) is 0 Å². The van der Waals surface area contributed by atoms with Gasteiger partial charge in [-0.3, -0.25) is 0 Å². The molecule has 1 heterocycles. The van der Waals surface area contributed by atoms with Crippen LogP contribution in [0, 0.1) is 0 Å². The molecule has 0 radical (unpaired) electrons. The third-order valence-electron chi connectivity index (χ3n) is 2.85. The number of nitrogens with zero attached hydrogens (tertiary/aromatic N) is 1. The van der Waals surface area contributed by atoms with E-state index in [2.05, 4.69) is 41.4 Å². The van der Waals surface area contributed by atoms with Crippen molar-refractivity contribution < 1.29 is 5.11 Å². The first-order valence-electron chi connectivity index (χ1n) is 5.74. The number of benzene rings is 1. The van der Waals surface area contributed by atoms with Crippen LogP contribution in [-0.4, -0.2) is 17.4 Å². The van der Waals surface area contributed by atoms with Gasteiger partial charge in [0.1, 0.15) is 0 Å². The van der Waals surface area contributed by atoms with Gasteiger partial charge in [-0.1, -0.05) is 30.0 Å². The summed E-state index contributed by atoms with van der Waals surface area (Å²) in [6, 6.07) is 6.25. The normalized spacial score (nSPS) is 17.0.